The highest BCUT2D eigenvalue weighted by atomic mass is 16.5. The second kappa shape index (κ2) is 8.67. The van der Waals surface area contributed by atoms with Gasteiger partial charge < -0.3 is 4.90 Å². The number of carbonyl (C=O) groups is 1. The molecular formula is C20H27N5O3. The second-order valence-corrected chi connectivity index (χ2v) is 7.82. The van der Waals surface area contributed by atoms with Crippen molar-refractivity contribution < 1.29 is 9.32 Å². The Balaban J connectivity index is 1.59. The lowest BCUT2D eigenvalue weighted by Crippen LogP contribution is -2.50. The minimum absolute atomic E-state index is 0.0266. The van der Waals surface area contributed by atoms with Crippen molar-refractivity contribution in [3.63, 3.8) is 0 Å². The van der Waals surface area contributed by atoms with Gasteiger partial charge in [-0.2, -0.15) is 0 Å². The molecule has 1 amide bonds. The minimum atomic E-state index is -0.650. The highest BCUT2D eigenvalue weighted by molar-refractivity contribution is 5.77. The molecule has 28 heavy (non-hydrogen) atoms. The van der Waals surface area contributed by atoms with Gasteiger partial charge in [0.15, 0.2) is 5.82 Å². The molecule has 8 nitrogen and oxygen atoms in total. The Hall–Kier alpha value is -2.51. The fourth-order valence-electron chi connectivity index (χ4n) is 4.62. The van der Waals surface area contributed by atoms with Crippen LogP contribution in [0.3, 0.4) is 0 Å². The number of nitrogens with zero attached hydrogens (tertiary/aromatic N) is 5. The summed E-state index contributed by atoms with van der Waals surface area (Å²) in [4.78, 5) is 36.0. The van der Waals surface area contributed by atoms with E-state index in [2.05, 4.69) is 20.0 Å². The van der Waals surface area contributed by atoms with Crippen molar-refractivity contribution in [3.05, 3.63) is 29.0 Å². The molecule has 0 bridgehead atoms. The molecule has 8 heteroatoms. The number of carbonyl (C=O) groups excluding carboxylic acids is 1. The summed E-state index contributed by atoms with van der Waals surface area (Å²) >= 11 is 0. The van der Waals surface area contributed by atoms with Gasteiger partial charge in [0.25, 0.3) is 0 Å². The second-order valence-electron chi connectivity index (χ2n) is 7.82. The molecule has 0 unspecified atom stereocenters. The van der Waals surface area contributed by atoms with Crippen LogP contribution in [0.4, 0.5) is 0 Å². The molecule has 0 N–H and O–H groups in total. The molecular weight excluding hydrogens is 358 g/mol. The summed E-state index contributed by atoms with van der Waals surface area (Å²) in [6, 6.07) is 2.23. The summed E-state index contributed by atoms with van der Waals surface area (Å²) in [5.74, 6) is -0.196. The maximum Gasteiger partial charge on any atom is 0.442 e. The molecule has 2 aliphatic rings. The van der Waals surface area contributed by atoms with Crippen LogP contribution in [0.25, 0.3) is 11.6 Å². The van der Waals surface area contributed by atoms with Crippen LogP contribution in [-0.4, -0.2) is 42.6 Å². The van der Waals surface area contributed by atoms with E-state index in [1.165, 1.54) is 17.4 Å². The van der Waals surface area contributed by atoms with Crippen LogP contribution in [-0.2, 0) is 11.3 Å². The number of rotatable bonds is 5. The summed E-state index contributed by atoms with van der Waals surface area (Å²) in [5, 5.41) is 3.80. The SMILES string of the molecule is O=C(Cn1c(-c2ncccn2)noc1=O)N(C1CCCCC1)C1CCCCC1. The van der Waals surface area contributed by atoms with Crippen molar-refractivity contribution in [2.24, 2.45) is 0 Å². The van der Waals surface area contributed by atoms with E-state index >= 15 is 0 Å². The van der Waals surface area contributed by atoms with Crippen molar-refractivity contribution in [1.29, 1.82) is 0 Å². The minimum Gasteiger partial charge on any atom is -0.335 e. The van der Waals surface area contributed by atoms with Gasteiger partial charge in [-0.3, -0.25) is 9.32 Å². The third kappa shape index (κ3) is 4.00. The molecule has 4 rings (SSSR count). The van der Waals surface area contributed by atoms with Crippen molar-refractivity contribution in [1.82, 2.24) is 24.6 Å². The molecule has 0 aliphatic heterocycles. The zero-order valence-electron chi connectivity index (χ0n) is 16.1. The van der Waals surface area contributed by atoms with E-state index in [9.17, 15) is 9.59 Å². The molecule has 150 valence electrons. The van der Waals surface area contributed by atoms with E-state index < -0.39 is 5.76 Å². The van der Waals surface area contributed by atoms with Gasteiger partial charge in [0, 0.05) is 24.5 Å². The number of amides is 1. The average molecular weight is 385 g/mol. The molecule has 0 radical (unpaired) electrons. The van der Waals surface area contributed by atoms with Crippen LogP contribution in [0, 0.1) is 0 Å². The monoisotopic (exact) mass is 385 g/mol. The van der Waals surface area contributed by atoms with Crippen LogP contribution < -0.4 is 5.76 Å². The molecule has 2 saturated carbocycles. The topological polar surface area (TPSA) is 94.1 Å². The first-order chi connectivity index (χ1) is 13.7. The van der Waals surface area contributed by atoms with Crippen LogP contribution in [0.15, 0.2) is 27.8 Å². The third-order valence-corrected chi connectivity index (χ3v) is 5.97. The number of aromatic nitrogens is 4. The van der Waals surface area contributed by atoms with E-state index in [1.807, 2.05) is 0 Å². The molecule has 2 fully saturated rings. The predicted molar refractivity (Wildman–Crippen MR) is 102 cm³/mol. The smallest absolute Gasteiger partial charge is 0.335 e. The zero-order chi connectivity index (χ0) is 19.3. The molecule has 2 aromatic heterocycles. The summed E-state index contributed by atoms with van der Waals surface area (Å²) in [6.45, 7) is -0.0804. The van der Waals surface area contributed by atoms with Gasteiger partial charge in [-0.25, -0.2) is 19.3 Å². The normalized spacial score (nSPS) is 18.9. The predicted octanol–water partition coefficient (Wildman–Crippen LogP) is 2.79. The van der Waals surface area contributed by atoms with Crippen molar-refractivity contribution in [3.8, 4) is 11.6 Å². The van der Waals surface area contributed by atoms with Gasteiger partial charge in [-0.15, -0.1) is 0 Å². The van der Waals surface area contributed by atoms with Crippen molar-refractivity contribution in [2.75, 3.05) is 0 Å². The lowest BCUT2D eigenvalue weighted by Gasteiger charge is -2.41. The van der Waals surface area contributed by atoms with Crippen LogP contribution in [0.5, 0.6) is 0 Å². The lowest BCUT2D eigenvalue weighted by atomic mass is 9.88. The standard InChI is InChI=1S/C20H27N5O3/c26-17(14-24-19(23-28-20(24)27)18-21-12-7-13-22-18)25(15-8-3-1-4-9-15)16-10-5-2-6-11-16/h7,12-13,15-16H,1-6,8-11,14H2. The Morgan fingerprint density at radius 2 is 1.57 bits per heavy atom. The largest absolute Gasteiger partial charge is 0.442 e. The molecule has 2 aromatic rings. The number of hydrogen-bond acceptors (Lipinski definition) is 6. The van der Waals surface area contributed by atoms with Crippen molar-refractivity contribution >= 4 is 5.91 Å². The summed E-state index contributed by atoms with van der Waals surface area (Å²) in [6.07, 6.45) is 14.5. The van der Waals surface area contributed by atoms with Crippen molar-refractivity contribution in [2.45, 2.75) is 82.8 Å². The highest BCUT2D eigenvalue weighted by Gasteiger charge is 2.33. The van der Waals surface area contributed by atoms with Crippen LogP contribution in [0.2, 0.25) is 0 Å². The Labute approximate surface area is 164 Å². The Morgan fingerprint density at radius 1 is 1.00 bits per heavy atom. The molecule has 0 aromatic carbocycles. The van der Waals surface area contributed by atoms with E-state index in [1.54, 1.807) is 18.5 Å². The first-order valence-electron chi connectivity index (χ1n) is 10.4. The van der Waals surface area contributed by atoms with E-state index in [-0.39, 0.29) is 36.2 Å². The van der Waals surface area contributed by atoms with Crippen LogP contribution >= 0.6 is 0 Å². The lowest BCUT2D eigenvalue weighted by molar-refractivity contribution is -0.138. The Kier molecular flexibility index (Phi) is 5.83. The molecule has 2 aliphatic carbocycles. The van der Waals surface area contributed by atoms with Gasteiger partial charge in [-0.1, -0.05) is 43.7 Å². The summed E-state index contributed by atoms with van der Waals surface area (Å²) < 4.78 is 6.09. The first-order valence-corrected chi connectivity index (χ1v) is 10.4. The molecule has 0 atom stereocenters. The maximum atomic E-state index is 13.4. The quantitative estimate of drug-likeness (QED) is 0.785. The van der Waals surface area contributed by atoms with Gasteiger partial charge in [0.05, 0.1) is 0 Å². The Morgan fingerprint density at radius 3 is 2.14 bits per heavy atom. The average Bonchev–Trinajstić information content (AvgIpc) is 3.11. The molecule has 2 heterocycles. The summed E-state index contributed by atoms with van der Waals surface area (Å²) in [7, 11) is 0. The zero-order valence-corrected chi connectivity index (χ0v) is 16.1. The summed E-state index contributed by atoms with van der Waals surface area (Å²) in [5.41, 5.74) is 0. The third-order valence-electron chi connectivity index (χ3n) is 5.97. The Bertz CT molecular complexity index is 817. The van der Waals surface area contributed by atoms with Gasteiger partial charge in [-0.05, 0) is 31.7 Å². The van der Waals surface area contributed by atoms with Gasteiger partial charge >= 0.3 is 5.76 Å². The van der Waals surface area contributed by atoms with Gasteiger partial charge in [0.1, 0.15) is 6.54 Å². The fraction of sp³-hybridized carbons (Fsp3) is 0.650. The molecule has 0 spiro atoms. The fourth-order valence-corrected chi connectivity index (χ4v) is 4.62. The highest BCUT2D eigenvalue weighted by Crippen LogP contribution is 2.30. The van der Waals surface area contributed by atoms with E-state index in [0.717, 1.165) is 51.4 Å². The van der Waals surface area contributed by atoms with Crippen LogP contribution in [0.1, 0.15) is 64.2 Å². The molecule has 0 saturated heterocycles. The number of hydrogen-bond donors (Lipinski definition) is 0. The van der Waals surface area contributed by atoms with E-state index in [4.69, 9.17) is 4.52 Å². The van der Waals surface area contributed by atoms with E-state index in [0.29, 0.717) is 0 Å². The first kappa shape index (κ1) is 18.8. The maximum absolute atomic E-state index is 13.4. The van der Waals surface area contributed by atoms with Gasteiger partial charge in [0.2, 0.25) is 11.7 Å².